The number of benzene rings is 1. The van der Waals surface area contributed by atoms with Crippen LogP contribution in [0.2, 0.25) is 0 Å². The van der Waals surface area contributed by atoms with E-state index in [0.717, 1.165) is 0 Å². The SMILES string of the molecule is COC(=O)c1cc2c3c(cc(O)c2[nH]1)N(C(=O)OC(C)(C)C)CC(O)C3. The van der Waals surface area contributed by atoms with Gasteiger partial charge in [-0.1, -0.05) is 0 Å². The standard InChI is InChI=1S/C18H22N2O6/c1-18(2,3)26-17(24)20-8-9(21)5-10-11-6-12(16(23)25-4)19-15(11)14(22)7-13(10)20/h6-7,9,19,21-22H,5,8H2,1-4H3. The number of β-amino-alcohol motifs (C(OH)–C–C–N with tert-alkyl or cyclic N) is 1. The van der Waals surface area contributed by atoms with E-state index in [1.54, 1.807) is 26.8 Å². The van der Waals surface area contributed by atoms with Gasteiger partial charge in [0.2, 0.25) is 0 Å². The number of carbonyl (C=O) groups excluding carboxylic acids is 2. The molecule has 0 aliphatic carbocycles. The van der Waals surface area contributed by atoms with Gasteiger partial charge < -0.3 is 24.7 Å². The molecule has 140 valence electrons. The molecule has 1 atom stereocenters. The Morgan fingerprint density at radius 3 is 2.62 bits per heavy atom. The third-order valence-electron chi connectivity index (χ3n) is 4.12. The number of carbonyl (C=O) groups is 2. The lowest BCUT2D eigenvalue weighted by Crippen LogP contribution is -2.45. The number of aliphatic hydroxyl groups excluding tert-OH is 1. The monoisotopic (exact) mass is 362 g/mol. The molecule has 0 saturated heterocycles. The zero-order valence-corrected chi connectivity index (χ0v) is 15.1. The van der Waals surface area contributed by atoms with Gasteiger partial charge in [0.15, 0.2) is 0 Å². The number of fused-ring (bicyclic) bond motifs is 3. The number of phenols is 1. The number of amides is 1. The summed E-state index contributed by atoms with van der Waals surface area (Å²) >= 11 is 0. The molecule has 8 heteroatoms. The van der Waals surface area contributed by atoms with Gasteiger partial charge in [0, 0.05) is 17.9 Å². The number of aromatic amines is 1. The number of ether oxygens (including phenoxy) is 2. The highest BCUT2D eigenvalue weighted by Crippen LogP contribution is 2.39. The first-order valence-corrected chi connectivity index (χ1v) is 8.25. The van der Waals surface area contributed by atoms with Crippen molar-refractivity contribution >= 4 is 28.7 Å². The summed E-state index contributed by atoms with van der Waals surface area (Å²) in [7, 11) is 1.26. The summed E-state index contributed by atoms with van der Waals surface area (Å²) in [6.45, 7) is 5.31. The molecule has 0 radical (unpaired) electrons. The third kappa shape index (κ3) is 3.20. The highest BCUT2D eigenvalue weighted by atomic mass is 16.6. The van der Waals surface area contributed by atoms with Crippen LogP contribution >= 0.6 is 0 Å². The highest BCUT2D eigenvalue weighted by Gasteiger charge is 2.33. The maximum absolute atomic E-state index is 12.6. The predicted molar refractivity (Wildman–Crippen MR) is 94.6 cm³/mol. The van der Waals surface area contributed by atoms with Crippen molar-refractivity contribution in [3.63, 3.8) is 0 Å². The minimum Gasteiger partial charge on any atom is -0.506 e. The number of H-pyrrole nitrogens is 1. The number of esters is 1. The molecule has 0 bridgehead atoms. The summed E-state index contributed by atoms with van der Waals surface area (Å²) in [4.78, 5) is 28.5. The molecule has 0 saturated carbocycles. The van der Waals surface area contributed by atoms with Crippen LogP contribution in [0, 0.1) is 0 Å². The maximum atomic E-state index is 12.6. The fraction of sp³-hybridized carbons (Fsp3) is 0.444. The van der Waals surface area contributed by atoms with Crippen molar-refractivity contribution in [2.24, 2.45) is 0 Å². The van der Waals surface area contributed by atoms with Crippen LogP contribution in [-0.4, -0.2) is 52.6 Å². The van der Waals surface area contributed by atoms with Crippen molar-refractivity contribution in [1.82, 2.24) is 4.98 Å². The van der Waals surface area contributed by atoms with Crippen molar-refractivity contribution in [2.75, 3.05) is 18.6 Å². The van der Waals surface area contributed by atoms with E-state index in [1.165, 1.54) is 18.1 Å². The van der Waals surface area contributed by atoms with E-state index < -0.39 is 23.8 Å². The molecular weight excluding hydrogens is 340 g/mol. The average molecular weight is 362 g/mol. The molecule has 1 aromatic carbocycles. The Bertz CT molecular complexity index is 880. The molecule has 1 amide bonds. The van der Waals surface area contributed by atoms with Gasteiger partial charge in [0.25, 0.3) is 0 Å². The zero-order valence-electron chi connectivity index (χ0n) is 15.1. The quantitative estimate of drug-likeness (QED) is 0.671. The summed E-state index contributed by atoms with van der Waals surface area (Å²) in [5.74, 6) is -0.687. The average Bonchev–Trinajstić information content (AvgIpc) is 2.99. The van der Waals surface area contributed by atoms with Crippen molar-refractivity contribution in [2.45, 2.75) is 38.9 Å². The molecule has 0 fully saturated rings. The minimum absolute atomic E-state index is 0.0567. The number of aliphatic hydroxyl groups is 1. The first-order chi connectivity index (χ1) is 12.1. The molecule has 1 aromatic heterocycles. The maximum Gasteiger partial charge on any atom is 0.414 e. The first-order valence-electron chi connectivity index (χ1n) is 8.25. The molecule has 2 aromatic rings. The van der Waals surface area contributed by atoms with Gasteiger partial charge in [-0.15, -0.1) is 0 Å². The smallest absolute Gasteiger partial charge is 0.414 e. The number of nitrogens with one attached hydrogen (secondary N) is 1. The lowest BCUT2D eigenvalue weighted by atomic mass is 9.96. The van der Waals surface area contributed by atoms with Crippen LogP contribution in [0.5, 0.6) is 5.75 Å². The topological polar surface area (TPSA) is 112 Å². The van der Waals surface area contributed by atoms with E-state index in [-0.39, 0.29) is 24.4 Å². The Labute approximate surface area is 150 Å². The van der Waals surface area contributed by atoms with Crippen LogP contribution in [0.3, 0.4) is 0 Å². The molecule has 3 rings (SSSR count). The van der Waals surface area contributed by atoms with E-state index in [0.29, 0.717) is 22.2 Å². The number of rotatable bonds is 1. The van der Waals surface area contributed by atoms with Crippen LogP contribution in [0.15, 0.2) is 12.1 Å². The van der Waals surface area contributed by atoms with E-state index >= 15 is 0 Å². The van der Waals surface area contributed by atoms with E-state index in [2.05, 4.69) is 4.98 Å². The van der Waals surface area contributed by atoms with Gasteiger partial charge in [-0.25, -0.2) is 9.59 Å². The molecule has 3 N–H and O–H groups in total. The molecule has 26 heavy (non-hydrogen) atoms. The fourth-order valence-corrected chi connectivity index (χ4v) is 3.10. The number of aromatic hydroxyl groups is 1. The van der Waals surface area contributed by atoms with E-state index in [1.807, 2.05) is 0 Å². The summed E-state index contributed by atoms with van der Waals surface area (Å²) in [5, 5.41) is 21.2. The van der Waals surface area contributed by atoms with Crippen molar-refractivity contribution in [3.05, 3.63) is 23.4 Å². The van der Waals surface area contributed by atoms with Crippen molar-refractivity contribution in [1.29, 1.82) is 0 Å². The Morgan fingerprint density at radius 1 is 1.31 bits per heavy atom. The molecule has 1 aliphatic rings. The largest absolute Gasteiger partial charge is 0.506 e. The van der Waals surface area contributed by atoms with Gasteiger partial charge in [0.1, 0.15) is 17.0 Å². The second-order valence-corrected chi connectivity index (χ2v) is 7.31. The Hall–Kier alpha value is -2.74. The number of nitrogens with zero attached hydrogens (tertiary/aromatic N) is 1. The summed E-state index contributed by atoms with van der Waals surface area (Å²) in [6.07, 6.45) is -1.12. The number of hydrogen-bond acceptors (Lipinski definition) is 6. The summed E-state index contributed by atoms with van der Waals surface area (Å²) in [5.41, 5.74) is 0.925. The van der Waals surface area contributed by atoms with Crippen LogP contribution < -0.4 is 4.90 Å². The third-order valence-corrected chi connectivity index (χ3v) is 4.12. The molecule has 1 unspecified atom stereocenters. The second-order valence-electron chi connectivity index (χ2n) is 7.31. The van der Waals surface area contributed by atoms with Gasteiger partial charge in [-0.2, -0.15) is 0 Å². The second kappa shape index (κ2) is 6.21. The van der Waals surface area contributed by atoms with Gasteiger partial charge in [-0.3, -0.25) is 4.90 Å². The summed E-state index contributed by atoms with van der Waals surface area (Å²) < 4.78 is 10.1. The number of methoxy groups -OCH3 is 1. The molecule has 0 spiro atoms. The molecule has 1 aliphatic heterocycles. The van der Waals surface area contributed by atoms with Gasteiger partial charge >= 0.3 is 12.1 Å². The molecular formula is C18H22N2O6. The predicted octanol–water partition coefficient (Wildman–Crippen LogP) is 2.32. The molecule has 2 heterocycles. The Morgan fingerprint density at radius 2 is 2.00 bits per heavy atom. The number of phenolic OH excluding ortho intramolecular Hbond substituents is 1. The first kappa shape index (κ1) is 18.1. The number of anilines is 1. The van der Waals surface area contributed by atoms with Gasteiger partial charge in [0.05, 0.1) is 31.0 Å². The molecule has 8 nitrogen and oxygen atoms in total. The van der Waals surface area contributed by atoms with Gasteiger partial charge in [-0.05, 0) is 32.4 Å². The Kier molecular flexibility index (Phi) is 4.31. The number of aromatic nitrogens is 1. The van der Waals surface area contributed by atoms with E-state index in [4.69, 9.17) is 9.47 Å². The minimum atomic E-state index is -0.792. The number of hydrogen-bond donors (Lipinski definition) is 3. The Balaban J connectivity index is 2.13. The van der Waals surface area contributed by atoms with Crippen LogP contribution in [0.25, 0.3) is 10.9 Å². The van der Waals surface area contributed by atoms with Crippen LogP contribution in [-0.2, 0) is 15.9 Å². The van der Waals surface area contributed by atoms with Crippen LogP contribution in [0.4, 0.5) is 10.5 Å². The highest BCUT2D eigenvalue weighted by molar-refractivity contribution is 6.02. The summed E-state index contributed by atoms with van der Waals surface area (Å²) in [6, 6.07) is 2.98. The lowest BCUT2D eigenvalue weighted by Gasteiger charge is -2.34. The fourth-order valence-electron chi connectivity index (χ4n) is 3.10. The van der Waals surface area contributed by atoms with Crippen LogP contribution in [0.1, 0.15) is 36.8 Å². The van der Waals surface area contributed by atoms with E-state index in [9.17, 15) is 19.8 Å². The zero-order chi connectivity index (χ0) is 19.2. The van der Waals surface area contributed by atoms with Crippen molar-refractivity contribution < 1.29 is 29.3 Å². The van der Waals surface area contributed by atoms with Crippen molar-refractivity contribution in [3.8, 4) is 5.75 Å². The normalized spacial score (nSPS) is 17.1. The lowest BCUT2D eigenvalue weighted by molar-refractivity contribution is 0.0547.